The minimum atomic E-state index is 0.423. The lowest BCUT2D eigenvalue weighted by molar-refractivity contribution is 0.739. The Labute approximate surface area is 100 Å². The fraction of sp³-hybridized carbons (Fsp3) is 0.385. The van der Waals surface area contributed by atoms with E-state index in [0.717, 1.165) is 29.7 Å². The van der Waals surface area contributed by atoms with Gasteiger partial charge in [-0.25, -0.2) is 0 Å². The molecule has 4 heteroatoms. The van der Waals surface area contributed by atoms with E-state index in [9.17, 15) is 0 Å². The summed E-state index contributed by atoms with van der Waals surface area (Å²) in [5.41, 5.74) is 6.83. The molecule has 0 unspecified atom stereocenters. The second kappa shape index (κ2) is 4.30. The Bertz CT molecular complexity index is 499. The number of hydrogen-bond donors (Lipinski definition) is 1. The van der Waals surface area contributed by atoms with E-state index in [1.165, 1.54) is 12.8 Å². The molecule has 3 rings (SSSR count). The average molecular weight is 228 g/mol. The van der Waals surface area contributed by atoms with Gasteiger partial charge in [0.05, 0.1) is 6.54 Å². The zero-order valence-corrected chi connectivity index (χ0v) is 9.71. The first kappa shape index (κ1) is 10.5. The van der Waals surface area contributed by atoms with Gasteiger partial charge in [-0.2, -0.15) is 0 Å². The second-order valence-corrected chi connectivity index (χ2v) is 4.56. The smallest absolute Gasteiger partial charge is 0.151 e. The summed E-state index contributed by atoms with van der Waals surface area (Å²) in [5, 5.41) is 8.46. The van der Waals surface area contributed by atoms with Gasteiger partial charge in [0.25, 0.3) is 0 Å². The molecule has 88 valence electrons. The third-order valence-electron chi connectivity index (χ3n) is 3.16. The fourth-order valence-electron chi connectivity index (χ4n) is 2.07. The number of nitrogens with two attached hydrogens (primary N) is 1. The van der Waals surface area contributed by atoms with Crippen LogP contribution in [0.25, 0.3) is 5.69 Å². The van der Waals surface area contributed by atoms with E-state index in [1.54, 1.807) is 0 Å². The topological polar surface area (TPSA) is 56.7 Å². The number of rotatable bonds is 4. The Morgan fingerprint density at radius 3 is 2.47 bits per heavy atom. The van der Waals surface area contributed by atoms with E-state index < -0.39 is 0 Å². The van der Waals surface area contributed by atoms with Gasteiger partial charge in [-0.3, -0.25) is 4.57 Å². The lowest BCUT2D eigenvalue weighted by Crippen LogP contribution is -2.09. The Morgan fingerprint density at radius 2 is 1.82 bits per heavy atom. The number of aromatic nitrogens is 3. The maximum atomic E-state index is 5.72. The minimum Gasteiger partial charge on any atom is -0.324 e. The molecule has 1 heterocycles. The molecule has 0 amide bonds. The molecular formula is C13H16N4. The number of para-hydroxylation sites is 1. The van der Waals surface area contributed by atoms with Crippen LogP contribution in [0, 0.1) is 5.92 Å². The maximum absolute atomic E-state index is 5.72. The number of nitrogens with zero attached hydrogens (tertiary/aromatic N) is 3. The molecule has 1 saturated carbocycles. The molecule has 4 nitrogen and oxygen atoms in total. The van der Waals surface area contributed by atoms with Crippen molar-refractivity contribution in [1.29, 1.82) is 0 Å². The summed E-state index contributed by atoms with van der Waals surface area (Å²) in [6, 6.07) is 10.2. The number of hydrogen-bond acceptors (Lipinski definition) is 3. The predicted octanol–water partition coefficient (Wildman–Crippen LogP) is 1.68. The molecule has 0 spiro atoms. The van der Waals surface area contributed by atoms with Crippen LogP contribution in [-0.4, -0.2) is 14.8 Å². The molecule has 0 radical (unpaired) electrons. The standard InChI is InChI=1S/C13H16N4/c14-9-13-16-15-12(8-10-6-7-10)17(13)11-4-2-1-3-5-11/h1-5,10H,6-9,14H2. The summed E-state index contributed by atoms with van der Waals surface area (Å²) in [4.78, 5) is 0. The van der Waals surface area contributed by atoms with Crippen LogP contribution >= 0.6 is 0 Å². The van der Waals surface area contributed by atoms with E-state index in [1.807, 2.05) is 18.2 Å². The van der Waals surface area contributed by atoms with E-state index in [4.69, 9.17) is 5.73 Å². The number of benzene rings is 1. The SMILES string of the molecule is NCc1nnc(CC2CC2)n1-c1ccccc1. The molecule has 0 saturated heterocycles. The summed E-state index contributed by atoms with van der Waals surface area (Å²) in [6.45, 7) is 0.423. The van der Waals surface area contributed by atoms with Crippen molar-refractivity contribution in [2.24, 2.45) is 11.7 Å². The Balaban J connectivity index is 2.02. The van der Waals surface area contributed by atoms with Crippen LogP contribution in [0.1, 0.15) is 24.5 Å². The molecule has 2 aromatic rings. The van der Waals surface area contributed by atoms with Gasteiger partial charge in [0.2, 0.25) is 0 Å². The Hall–Kier alpha value is -1.68. The van der Waals surface area contributed by atoms with E-state index >= 15 is 0 Å². The van der Waals surface area contributed by atoms with E-state index in [0.29, 0.717) is 6.54 Å². The minimum absolute atomic E-state index is 0.423. The molecule has 0 bridgehead atoms. The largest absolute Gasteiger partial charge is 0.324 e. The Kier molecular flexibility index (Phi) is 2.65. The van der Waals surface area contributed by atoms with Gasteiger partial charge >= 0.3 is 0 Å². The first-order valence-corrected chi connectivity index (χ1v) is 6.07. The highest BCUT2D eigenvalue weighted by atomic mass is 15.3. The maximum Gasteiger partial charge on any atom is 0.151 e. The lowest BCUT2D eigenvalue weighted by Gasteiger charge is -2.08. The van der Waals surface area contributed by atoms with Crippen molar-refractivity contribution in [2.75, 3.05) is 0 Å². The van der Waals surface area contributed by atoms with Gasteiger partial charge in [-0.05, 0) is 30.9 Å². The lowest BCUT2D eigenvalue weighted by atomic mass is 10.2. The molecule has 1 aromatic carbocycles. The van der Waals surface area contributed by atoms with Gasteiger partial charge in [0.15, 0.2) is 5.82 Å². The van der Waals surface area contributed by atoms with Crippen LogP contribution < -0.4 is 5.73 Å². The van der Waals surface area contributed by atoms with Crippen molar-refractivity contribution < 1.29 is 0 Å². The van der Waals surface area contributed by atoms with E-state index in [2.05, 4.69) is 26.9 Å². The summed E-state index contributed by atoms with van der Waals surface area (Å²) in [5.74, 6) is 2.68. The van der Waals surface area contributed by atoms with Crippen molar-refractivity contribution in [2.45, 2.75) is 25.8 Å². The van der Waals surface area contributed by atoms with Crippen molar-refractivity contribution in [1.82, 2.24) is 14.8 Å². The molecule has 0 atom stereocenters. The molecule has 1 aliphatic rings. The second-order valence-electron chi connectivity index (χ2n) is 4.56. The Morgan fingerprint density at radius 1 is 1.12 bits per heavy atom. The van der Waals surface area contributed by atoms with Gasteiger partial charge in [-0.1, -0.05) is 18.2 Å². The zero-order chi connectivity index (χ0) is 11.7. The van der Waals surface area contributed by atoms with Gasteiger partial charge < -0.3 is 5.73 Å². The van der Waals surface area contributed by atoms with Crippen LogP contribution in [0.2, 0.25) is 0 Å². The summed E-state index contributed by atoms with van der Waals surface area (Å²) < 4.78 is 2.10. The monoisotopic (exact) mass is 228 g/mol. The van der Waals surface area contributed by atoms with Crippen LogP contribution in [-0.2, 0) is 13.0 Å². The van der Waals surface area contributed by atoms with Gasteiger partial charge in [0.1, 0.15) is 5.82 Å². The van der Waals surface area contributed by atoms with Crippen molar-refractivity contribution in [3.8, 4) is 5.69 Å². The van der Waals surface area contributed by atoms with Crippen molar-refractivity contribution >= 4 is 0 Å². The fourth-order valence-corrected chi connectivity index (χ4v) is 2.07. The van der Waals surface area contributed by atoms with Gasteiger partial charge in [-0.15, -0.1) is 10.2 Å². The van der Waals surface area contributed by atoms with Crippen LogP contribution in [0.3, 0.4) is 0 Å². The molecule has 1 aromatic heterocycles. The quantitative estimate of drug-likeness (QED) is 0.866. The highest BCUT2D eigenvalue weighted by Crippen LogP contribution is 2.32. The van der Waals surface area contributed by atoms with Crippen LogP contribution in [0.15, 0.2) is 30.3 Å². The first-order chi connectivity index (χ1) is 8.38. The molecule has 17 heavy (non-hydrogen) atoms. The predicted molar refractivity (Wildman–Crippen MR) is 65.7 cm³/mol. The highest BCUT2D eigenvalue weighted by molar-refractivity contribution is 5.34. The molecule has 0 aliphatic heterocycles. The molecule has 1 fully saturated rings. The van der Waals surface area contributed by atoms with Crippen LogP contribution in [0.5, 0.6) is 0 Å². The highest BCUT2D eigenvalue weighted by Gasteiger charge is 2.25. The summed E-state index contributed by atoms with van der Waals surface area (Å²) in [7, 11) is 0. The molecule has 1 aliphatic carbocycles. The summed E-state index contributed by atoms with van der Waals surface area (Å²) >= 11 is 0. The normalized spacial score (nSPS) is 15.1. The van der Waals surface area contributed by atoms with Crippen molar-refractivity contribution in [3.05, 3.63) is 42.0 Å². The average Bonchev–Trinajstić information content (AvgIpc) is 3.09. The van der Waals surface area contributed by atoms with E-state index in [-0.39, 0.29) is 0 Å². The van der Waals surface area contributed by atoms with Crippen LogP contribution in [0.4, 0.5) is 0 Å². The molecule has 2 N–H and O–H groups in total. The zero-order valence-electron chi connectivity index (χ0n) is 9.71. The third-order valence-corrected chi connectivity index (χ3v) is 3.16. The van der Waals surface area contributed by atoms with Crippen molar-refractivity contribution in [3.63, 3.8) is 0 Å². The summed E-state index contributed by atoms with van der Waals surface area (Å²) in [6.07, 6.45) is 3.65. The first-order valence-electron chi connectivity index (χ1n) is 6.07. The molecular weight excluding hydrogens is 212 g/mol. The third kappa shape index (κ3) is 2.08. The van der Waals surface area contributed by atoms with Gasteiger partial charge in [0, 0.05) is 12.1 Å².